The second-order valence-electron chi connectivity index (χ2n) is 8.47. The molecule has 1 heterocycles. The topological polar surface area (TPSA) is 95.9 Å². The molecule has 0 aliphatic carbocycles. The zero-order chi connectivity index (χ0) is 27.6. The van der Waals surface area contributed by atoms with Crippen LogP contribution in [0.1, 0.15) is 18.2 Å². The number of nitrogens with zero attached hydrogens (tertiary/aromatic N) is 1. The molecule has 0 fully saturated rings. The molecule has 0 amide bonds. The summed E-state index contributed by atoms with van der Waals surface area (Å²) >= 11 is 12.2. The van der Waals surface area contributed by atoms with E-state index in [1.165, 1.54) is 25.3 Å². The second-order valence-corrected chi connectivity index (χ2v) is 11.0. The molecule has 0 radical (unpaired) electrons. The smallest absolute Gasteiger partial charge is 0.310 e. The third kappa shape index (κ3) is 5.70. The average molecular weight is 577 g/mol. The van der Waals surface area contributed by atoms with Crippen LogP contribution in [0, 0.1) is 6.92 Å². The van der Waals surface area contributed by atoms with Gasteiger partial charge >= 0.3 is 5.97 Å². The minimum atomic E-state index is -4.12. The van der Waals surface area contributed by atoms with Crippen molar-refractivity contribution >= 4 is 55.8 Å². The maximum Gasteiger partial charge on any atom is 0.310 e. The number of ether oxygens (including phenoxy) is 3. The van der Waals surface area contributed by atoms with Crippen molar-refractivity contribution in [3.8, 4) is 17.2 Å². The van der Waals surface area contributed by atoms with Crippen molar-refractivity contribution < 1.29 is 27.4 Å². The zero-order valence-electron chi connectivity index (χ0n) is 21.2. The first-order valence-electron chi connectivity index (χ1n) is 11.6. The monoisotopic (exact) mass is 576 g/mol. The number of carbonyl (C=O) groups excluding carboxylic acids is 1. The molecule has 0 unspecified atom stereocenters. The van der Waals surface area contributed by atoms with E-state index in [1.807, 2.05) is 30.7 Å². The number of hydrogen-bond donors (Lipinski definition) is 1. The predicted octanol–water partition coefficient (Wildman–Crippen LogP) is 6.50. The number of sulfonamides is 1. The van der Waals surface area contributed by atoms with Crippen LogP contribution < -0.4 is 14.2 Å². The molecule has 38 heavy (non-hydrogen) atoms. The van der Waals surface area contributed by atoms with Crippen LogP contribution in [0.25, 0.3) is 10.9 Å². The molecule has 0 saturated carbocycles. The molecule has 0 aliphatic heterocycles. The van der Waals surface area contributed by atoms with Crippen molar-refractivity contribution in [1.29, 1.82) is 0 Å². The molecule has 1 N–H and O–H groups in total. The molecule has 200 valence electrons. The van der Waals surface area contributed by atoms with E-state index in [9.17, 15) is 13.2 Å². The first kappa shape index (κ1) is 27.6. The fourth-order valence-corrected chi connectivity index (χ4v) is 5.86. The number of halogens is 2. The van der Waals surface area contributed by atoms with E-state index in [0.717, 1.165) is 11.2 Å². The summed E-state index contributed by atoms with van der Waals surface area (Å²) in [7, 11) is -0.759. The molecule has 4 aromatic rings. The molecule has 0 atom stereocenters. The predicted molar refractivity (Wildman–Crippen MR) is 148 cm³/mol. The molecule has 11 heteroatoms. The summed E-state index contributed by atoms with van der Waals surface area (Å²) in [5.74, 6) is 0.585. The number of nitrogens with one attached hydrogen (secondary N) is 1. The summed E-state index contributed by atoms with van der Waals surface area (Å²) in [5, 5.41) is 0.939. The summed E-state index contributed by atoms with van der Waals surface area (Å²) in [5.41, 5.74) is 2.63. The molecule has 3 aromatic carbocycles. The number of anilines is 1. The summed E-state index contributed by atoms with van der Waals surface area (Å²) in [6, 6.07) is 14.6. The molecule has 0 aliphatic rings. The van der Waals surface area contributed by atoms with Crippen LogP contribution in [-0.2, 0) is 33.0 Å². The van der Waals surface area contributed by atoms with Crippen molar-refractivity contribution in [2.24, 2.45) is 7.05 Å². The minimum Gasteiger partial charge on any atom is -0.493 e. The lowest BCUT2D eigenvalue weighted by atomic mass is 10.1. The van der Waals surface area contributed by atoms with Gasteiger partial charge in [-0.1, -0.05) is 29.3 Å². The van der Waals surface area contributed by atoms with Gasteiger partial charge in [0.25, 0.3) is 10.0 Å². The summed E-state index contributed by atoms with van der Waals surface area (Å²) in [6.45, 7) is 3.95. The molecular weight excluding hydrogens is 551 g/mol. The van der Waals surface area contributed by atoms with Gasteiger partial charge in [0.05, 0.1) is 30.7 Å². The first-order chi connectivity index (χ1) is 18.0. The number of hydrogen-bond acceptors (Lipinski definition) is 6. The lowest BCUT2D eigenvalue weighted by Crippen LogP contribution is -2.14. The number of aryl methyl sites for hydroxylation is 2. The van der Waals surface area contributed by atoms with E-state index in [1.54, 1.807) is 31.2 Å². The Labute approximate surface area is 231 Å². The number of carbonyl (C=O) groups is 1. The molecular formula is C27H26Cl2N2O6S. The van der Waals surface area contributed by atoms with Crippen LogP contribution in [0.4, 0.5) is 5.69 Å². The maximum absolute atomic E-state index is 13.4. The van der Waals surface area contributed by atoms with Gasteiger partial charge in [-0.25, -0.2) is 8.42 Å². The summed E-state index contributed by atoms with van der Waals surface area (Å²) < 4.78 is 48.2. The Morgan fingerprint density at radius 2 is 1.74 bits per heavy atom. The first-order valence-corrected chi connectivity index (χ1v) is 13.8. The Hall–Kier alpha value is -3.40. The number of rotatable bonds is 9. The Morgan fingerprint density at radius 3 is 2.42 bits per heavy atom. The zero-order valence-corrected chi connectivity index (χ0v) is 23.5. The van der Waals surface area contributed by atoms with Gasteiger partial charge in [-0.05, 0) is 67.9 Å². The van der Waals surface area contributed by atoms with E-state index in [-0.39, 0.29) is 33.7 Å². The van der Waals surface area contributed by atoms with E-state index in [0.29, 0.717) is 34.1 Å². The Kier molecular flexibility index (Phi) is 8.10. The van der Waals surface area contributed by atoms with Crippen molar-refractivity contribution in [2.75, 3.05) is 18.4 Å². The highest BCUT2D eigenvalue weighted by atomic mass is 35.5. The quantitative estimate of drug-likeness (QED) is 0.228. The van der Waals surface area contributed by atoms with Crippen molar-refractivity contribution in [1.82, 2.24) is 4.57 Å². The van der Waals surface area contributed by atoms with Gasteiger partial charge < -0.3 is 18.8 Å². The number of benzene rings is 3. The van der Waals surface area contributed by atoms with Crippen LogP contribution in [0.3, 0.4) is 0 Å². The van der Waals surface area contributed by atoms with Crippen LogP contribution in [0.5, 0.6) is 17.2 Å². The Balaban J connectivity index is 1.78. The van der Waals surface area contributed by atoms with E-state index >= 15 is 0 Å². The summed E-state index contributed by atoms with van der Waals surface area (Å²) in [6.07, 6.45) is 0.0760. The van der Waals surface area contributed by atoms with Gasteiger partial charge in [-0.2, -0.15) is 0 Å². The number of esters is 1. The van der Waals surface area contributed by atoms with Crippen molar-refractivity contribution in [2.45, 2.75) is 25.2 Å². The van der Waals surface area contributed by atoms with E-state index in [2.05, 4.69) is 4.72 Å². The van der Waals surface area contributed by atoms with Crippen molar-refractivity contribution in [3.05, 3.63) is 75.9 Å². The number of methoxy groups -OCH3 is 1. The SMILES string of the molecule is CCOC(=O)Cc1ccc(Oc2ccc3c(cc(C)n3C)c2NS(=O)(=O)c2ccc(Cl)cc2Cl)c(OC)c1. The average Bonchev–Trinajstić information content (AvgIpc) is 3.15. The van der Waals surface area contributed by atoms with Gasteiger partial charge in [0.2, 0.25) is 0 Å². The Bertz CT molecular complexity index is 1630. The highest BCUT2D eigenvalue weighted by molar-refractivity contribution is 7.92. The van der Waals surface area contributed by atoms with Gasteiger partial charge in [0.15, 0.2) is 17.2 Å². The van der Waals surface area contributed by atoms with Gasteiger partial charge in [0.1, 0.15) is 10.6 Å². The Morgan fingerprint density at radius 1 is 1.00 bits per heavy atom. The highest BCUT2D eigenvalue weighted by Gasteiger charge is 2.24. The third-order valence-electron chi connectivity index (χ3n) is 5.95. The van der Waals surface area contributed by atoms with Crippen LogP contribution in [-0.4, -0.2) is 32.7 Å². The molecule has 0 saturated heterocycles. The van der Waals surface area contributed by atoms with Crippen LogP contribution in [0.2, 0.25) is 10.0 Å². The standard InChI is InChI=1S/C27H26Cl2N2O6S/c1-5-36-26(32)14-17-6-9-22(24(13-17)35-4)37-23-10-8-21-19(12-16(2)31(21)3)27(23)30-38(33,34)25-11-7-18(28)15-20(25)29/h6-13,15,30H,5,14H2,1-4H3. The van der Waals surface area contributed by atoms with Gasteiger partial charge in [-0.3, -0.25) is 9.52 Å². The van der Waals surface area contributed by atoms with Gasteiger partial charge in [-0.15, -0.1) is 0 Å². The normalized spacial score (nSPS) is 11.4. The lowest BCUT2D eigenvalue weighted by Gasteiger charge is -2.17. The fourth-order valence-electron chi connectivity index (χ4n) is 4.00. The molecule has 0 bridgehead atoms. The summed E-state index contributed by atoms with van der Waals surface area (Å²) in [4.78, 5) is 11.8. The fraction of sp³-hybridized carbons (Fsp3) is 0.222. The minimum absolute atomic E-state index is 0.0113. The van der Waals surface area contributed by atoms with E-state index in [4.69, 9.17) is 37.4 Å². The molecule has 0 spiro atoms. The maximum atomic E-state index is 13.4. The molecule has 4 rings (SSSR count). The van der Waals surface area contributed by atoms with E-state index < -0.39 is 10.0 Å². The third-order valence-corrected chi connectivity index (χ3v) is 8.02. The molecule has 8 nitrogen and oxygen atoms in total. The molecule has 1 aromatic heterocycles. The number of fused-ring (bicyclic) bond motifs is 1. The van der Waals surface area contributed by atoms with Gasteiger partial charge in [0, 0.05) is 23.2 Å². The number of aromatic nitrogens is 1. The van der Waals surface area contributed by atoms with Crippen LogP contribution >= 0.6 is 23.2 Å². The van der Waals surface area contributed by atoms with Crippen molar-refractivity contribution in [3.63, 3.8) is 0 Å². The highest BCUT2D eigenvalue weighted by Crippen LogP contribution is 2.41. The van der Waals surface area contributed by atoms with Crippen LogP contribution in [0.15, 0.2) is 59.5 Å². The largest absolute Gasteiger partial charge is 0.493 e. The second kappa shape index (κ2) is 11.1. The lowest BCUT2D eigenvalue weighted by molar-refractivity contribution is -0.142.